The lowest BCUT2D eigenvalue weighted by Crippen LogP contribution is -2.41. The molecule has 1 aliphatic heterocycles. The lowest BCUT2D eigenvalue weighted by molar-refractivity contribution is -0.120. The smallest absolute Gasteiger partial charge is 0.264 e. The van der Waals surface area contributed by atoms with Crippen molar-refractivity contribution in [1.82, 2.24) is 5.32 Å². The first kappa shape index (κ1) is 29.5. The molecule has 1 N–H and O–H groups in total. The standard InChI is InChI=1S/C29H33ClFN3O5S/c1-20(21-7-9-22(10-8-21)33-15-5-4-6-16-33)32-29(35)19-34(23-11-13-26(31)25(30)17-23)40(36,37)24-12-14-27(38-2)28(18-24)39-3/h7-14,17-18,20H,4-6,15-16,19H2,1-3H3,(H,32,35). The second-order valence-corrected chi connectivity index (χ2v) is 11.8. The van der Waals surface area contributed by atoms with Crippen molar-refractivity contribution in [2.45, 2.75) is 37.1 Å². The molecule has 1 saturated heterocycles. The molecule has 1 amide bonds. The Labute approximate surface area is 239 Å². The molecule has 1 aliphatic rings. The number of ether oxygens (including phenoxy) is 2. The van der Waals surface area contributed by atoms with Gasteiger partial charge >= 0.3 is 0 Å². The van der Waals surface area contributed by atoms with E-state index in [1.807, 2.05) is 31.2 Å². The van der Waals surface area contributed by atoms with Crippen molar-refractivity contribution in [3.8, 4) is 11.5 Å². The number of piperidine rings is 1. The third kappa shape index (κ3) is 6.62. The van der Waals surface area contributed by atoms with E-state index in [1.54, 1.807) is 0 Å². The third-order valence-corrected chi connectivity index (χ3v) is 8.97. The highest BCUT2D eigenvalue weighted by Crippen LogP contribution is 2.33. The molecule has 1 unspecified atom stereocenters. The molecule has 0 radical (unpaired) electrons. The lowest BCUT2D eigenvalue weighted by Gasteiger charge is -2.29. The zero-order valence-electron chi connectivity index (χ0n) is 22.7. The molecule has 214 valence electrons. The van der Waals surface area contributed by atoms with Crippen molar-refractivity contribution in [2.75, 3.05) is 43.1 Å². The van der Waals surface area contributed by atoms with E-state index in [1.165, 1.54) is 63.8 Å². The summed E-state index contributed by atoms with van der Waals surface area (Å²) in [6.45, 7) is 3.33. The Morgan fingerprint density at radius 1 is 1.00 bits per heavy atom. The highest BCUT2D eigenvalue weighted by Gasteiger charge is 2.29. The number of hydrogen-bond donors (Lipinski definition) is 1. The second-order valence-electron chi connectivity index (χ2n) is 9.56. The highest BCUT2D eigenvalue weighted by atomic mass is 35.5. The van der Waals surface area contributed by atoms with E-state index < -0.39 is 28.3 Å². The van der Waals surface area contributed by atoms with Gasteiger partial charge in [0.1, 0.15) is 12.4 Å². The molecule has 11 heteroatoms. The summed E-state index contributed by atoms with van der Waals surface area (Å²) in [5.74, 6) is -0.709. The largest absolute Gasteiger partial charge is 0.493 e. The van der Waals surface area contributed by atoms with Gasteiger partial charge < -0.3 is 19.7 Å². The molecular weight excluding hydrogens is 557 g/mol. The van der Waals surface area contributed by atoms with Crippen molar-refractivity contribution in [2.24, 2.45) is 0 Å². The Morgan fingerprint density at radius 3 is 2.30 bits per heavy atom. The van der Waals surface area contributed by atoms with E-state index in [2.05, 4.69) is 10.2 Å². The number of benzene rings is 3. The molecule has 0 bridgehead atoms. The van der Waals surface area contributed by atoms with Gasteiger partial charge in [0.25, 0.3) is 10.0 Å². The molecular formula is C29H33ClFN3O5S. The summed E-state index contributed by atoms with van der Waals surface area (Å²) in [5, 5.41) is 2.60. The molecule has 1 fully saturated rings. The maximum atomic E-state index is 13.9. The van der Waals surface area contributed by atoms with Gasteiger partial charge in [-0.15, -0.1) is 0 Å². The fourth-order valence-corrected chi connectivity index (χ4v) is 6.29. The molecule has 1 atom stereocenters. The Morgan fingerprint density at radius 2 is 1.68 bits per heavy atom. The number of rotatable bonds is 10. The van der Waals surface area contributed by atoms with E-state index in [0.717, 1.165) is 34.7 Å². The molecule has 0 spiro atoms. The quantitative estimate of drug-likeness (QED) is 0.333. The van der Waals surface area contributed by atoms with Crippen LogP contribution in [0, 0.1) is 5.82 Å². The van der Waals surface area contributed by atoms with Crippen LogP contribution >= 0.6 is 11.6 Å². The Kier molecular flexibility index (Phi) is 9.42. The number of carbonyl (C=O) groups is 1. The zero-order chi connectivity index (χ0) is 28.9. The van der Waals surface area contributed by atoms with E-state index in [9.17, 15) is 17.6 Å². The van der Waals surface area contributed by atoms with E-state index in [-0.39, 0.29) is 27.4 Å². The van der Waals surface area contributed by atoms with Crippen LogP contribution in [0.3, 0.4) is 0 Å². The van der Waals surface area contributed by atoms with Crippen LogP contribution < -0.4 is 24.0 Å². The maximum Gasteiger partial charge on any atom is 0.264 e. The van der Waals surface area contributed by atoms with Crippen molar-refractivity contribution in [1.29, 1.82) is 0 Å². The third-order valence-electron chi connectivity index (χ3n) is 6.91. The van der Waals surface area contributed by atoms with Gasteiger partial charge in [0.2, 0.25) is 5.91 Å². The van der Waals surface area contributed by atoms with Crippen LogP contribution in [0.15, 0.2) is 65.6 Å². The number of methoxy groups -OCH3 is 2. The number of nitrogens with one attached hydrogen (secondary N) is 1. The minimum absolute atomic E-state index is 0.0369. The predicted octanol–water partition coefficient (Wildman–Crippen LogP) is 5.56. The van der Waals surface area contributed by atoms with Crippen LogP contribution in [0.1, 0.15) is 37.8 Å². The number of anilines is 2. The average molecular weight is 590 g/mol. The molecule has 0 aliphatic carbocycles. The molecule has 0 aromatic heterocycles. The van der Waals surface area contributed by atoms with E-state index in [0.29, 0.717) is 5.75 Å². The van der Waals surface area contributed by atoms with Crippen LogP contribution in [0.4, 0.5) is 15.8 Å². The Bertz CT molecular complexity index is 1450. The van der Waals surface area contributed by atoms with Crippen molar-refractivity contribution < 1.29 is 27.1 Å². The van der Waals surface area contributed by atoms with Gasteiger partial charge in [-0.05, 0) is 74.2 Å². The summed E-state index contributed by atoms with van der Waals surface area (Å²) >= 11 is 5.97. The second kappa shape index (κ2) is 12.8. The highest BCUT2D eigenvalue weighted by molar-refractivity contribution is 7.92. The summed E-state index contributed by atoms with van der Waals surface area (Å²) in [6.07, 6.45) is 3.60. The minimum atomic E-state index is -4.30. The Hall–Kier alpha value is -3.50. The van der Waals surface area contributed by atoms with Crippen molar-refractivity contribution in [3.05, 3.63) is 77.1 Å². The number of halogens is 2. The lowest BCUT2D eigenvalue weighted by atomic mass is 10.1. The van der Waals surface area contributed by atoms with Gasteiger partial charge in [0, 0.05) is 24.8 Å². The number of nitrogens with zero attached hydrogens (tertiary/aromatic N) is 2. The van der Waals surface area contributed by atoms with Crippen LogP contribution in [0.5, 0.6) is 11.5 Å². The number of amides is 1. The normalized spacial score (nSPS) is 14.4. The number of sulfonamides is 1. The first-order valence-corrected chi connectivity index (χ1v) is 14.8. The number of carbonyl (C=O) groups excluding carboxylic acids is 1. The summed E-state index contributed by atoms with van der Waals surface area (Å²) in [5.41, 5.74) is 2.06. The van der Waals surface area contributed by atoms with Gasteiger partial charge in [0.05, 0.1) is 35.9 Å². The van der Waals surface area contributed by atoms with Gasteiger partial charge in [-0.3, -0.25) is 9.10 Å². The summed E-state index contributed by atoms with van der Waals surface area (Å²) in [4.78, 5) is 15.4. The van der Waals surface area contributed by atoms with Crippen LogP contribution in [0.25, 0.3) is 0 Å². The maximum absolute atomic E-state index is 13.9. The molecule has 1 heterocycles. The first-order valence-electron chi connectivity index (χ1n) is 13.0. The van der Waals surface area contributed by atoms with Crippen molar-refractivity contribution >= 4 is 38.9 Å². The number of hydrogen-bond acceptors (Lipinski definition) is 6. The van der Waals surface area contributed by atoms with E-state index in [4.69, 9.17) is 21.1 Å². The topological polar surface area (TPSA) is 88.2 Å². The molecule has 4 rings (SSSR count). The first-order chi connectivity index (χ1) is 19.1. The summed E-state index contributed by atoms with van der Waals surface area (Å²) in [7, 11) is -1.48. The van der Waals surface area contributed by atoms with Gasteiger partial charge in [-0.2, -0.15) is 0 Å². The van der Waals surface area contributed by atoms with Gasteiger partial charge in [-0.25, -0.2) is 12.8 Å². The Balaban J connectivity index is 1.57. The fraction of sp³-hybridized carbons (Fsp3) is 0.345. The SMILES string of the molecule is COc1ccc(S(=O)(=O)N(CC(=O)NC(C)c2ccc(N3CCCCC3)cc2)c2ccc(F)c(Cl)c2)cc1OC. The minimum Gasteiger partial charge on any atom is -0.493 e. The molecule has 8 nitrogen and oxygen atoms in total. The predicted molar refractivity (Wildman–Crippen MR) is 155 cm³/mol. The van der Waals surface area contributed by atoms with Crippen LogP contribution in [0.2, 0.25) is 5.02 Å². The molecule has 3 aromatic carbocycles. The van der Waals surface area contributed by atoms with Crippen LogP contribution in [-0.4, -0.2) is 48.2 Å². The molecule has 0 saturated carbocycles. The van der Waals surface area contributed by atoms with Crippen molar-refractivity contribution in [3.63, 3.8) is 0 Å². The summed E-state index contributed by atoms with van der Waals surface area (Å²) < 4.78 is 52.9. The molecule has 40 heavy (non-hydrogen) atoms. The van der Waals surface area contributed by atoms with Gasteiger partial charge in [0.15, 0.2) is 11.5 Å². The van der Waals surface area contributed by atoms with Crippen LogP contribution in [-0.2, 0) is 14.8 Å². The summed E-state index contributed by atoms with van der Waals surface area (Å²) in [6, 6.07) is 15.2. The molecule has 3 aromatic rings. The van der Waals surface area contributed by atoms with E-state index >= 15 is 0 Å². The van der Waals surface area contributed by atoms with Gasteiger partial charge in [-0.1, -0.05) is 23.7 Å². The monoisotopic (exact) mass is 589 g/mol. The average Bonchev–Trinajstić information content (AvgIpc) is 2.97. The fourth-order valence-electron chi connectivity index (χ4n) is 4.69. The zero-order valence-corrected chi connectivity index (χ0v) is 24.3.